The fourth-order valence-corrected chi connectivity index (χ4v) is 0.871. The number of carbonyl (C=O) groups is 1. The third-order valence-electron chi connectivity index (χ3n) is 1.64. The molecule has 13 heavy (non-hydrogen) atoms. The van der Waals surface area contributed by atoms with Crippen molar-refractivity contribution in [1.82, 2.24) is 9.55 Å². The zero-order valence-corrected chi connectivity index (χ0v) is 7.24. The summed E-state index contributed by atoms with van der Waals surface area (Å²) >= 11 is 0. The van der Waals surface area contributed by atoms with Crippen LogP contribution >= 0.6 is 0 Å². The SMILES string of the molecule is CCC(=O)Cn1ccc(=O)[nH]c1=O. The summed E-state index contributed by atoms with van der Waals surface area (Å²) in [6, 6.07) is 1.21. The van der Waals surface area contributed by atoms with Crippen molar-refractivity contribution in [2.24, 2.45) is 0 Å². The highest BCUT2D eigenvalue weighted by Gasteiger charge is 2.01. The third-order valence-corrected chi connectivity index (χ3v) is 1.64. The Morgan fingerprint density at radius 2 is 2.23 bits per heavy atom. The van der Waals surface area contributed by atoms with E-state index >= 15 is 0 Å². The Morgan fingerprint density at radius 1 is 1.54 bits per heavy atom. The van der Waals surface area contributed by atoms with Crippen LogP contribution in [0.25, 0.3) is 0 Å². The number of H-pyrrole nitrogens is 1. The molecule has 1 rings (SSSR count). The topological polar surface area (TPSA) is 71.9 Å². The van der Waals surface area contributed by atoms with Crippen molar-refractivity contribution in [2.45, 2.75) is 19.9 Å². The number of nitrogens with zero attached hydrogens (tertiary/aromatic N) is 1. The minimum Gasteiger partial charge on any atom is -0.298 e. The first-order valence-electron chi connectivity index (χ1n) is 3.95. The number of hydrogen-bond acceptors (Lipinski definition) is 3. The van der Waals surface area contributed by atoms with Gasteiger partial charge >= 0.3 is 5.69 Å². The number of hydrogen-bond donors (Lipinski definition) is 1. The summed E-state index contributed by atoms with van der Waals surface area (Å²) in [5.41, 5.74) is -1.00. The molecule has 1 aromatic heterocycles. The van der Waals surface area contributed by atoms with Gasteiger partial charge in [-0.15, -0.1) is 0 Å². The van der Waals surface area contributed by atoms with Crippen LogP contribution in [0.5, 0.6) is 0 Å². The van der Waals surface area contributed by atoms with Crippen molar-refractivity contribution in [3.05, 3.63) is 33.1 Å². The van der Waals surface area contributed by atoms with Crippen molar-refractivity contribution in [1.29, 1.82) is 0 Å². The Bertz CT molecular complexity index is 416. The molecule has 70 valence electrons. The quantitative estimate of drug-likeness (QED) is 0.686. The van der Waals surface area contributed by atoms with E-state index < -0.39 is 11.2 Å². The first-order valence-corrected chi connectivity index (χ1v) is 3.95. The summed E-state index contributed by atoms with van der Waals surface area (Å²) in [6.45, 7) is 1.74. The Hall–Kier alpha value is -1.65. The van der Waals surface area contributed by atoms with E-state index in [1.54, 1.807) is 6.92 Å². The molecule has 0 aliphatic heterocycles. The van der Waals surface area contributed by atoms with Gasteiger partial charge in [0.2, 0.25) is 0 Å². The van der Waals surface area contributed by atoms with Crippen LogP contribution in [0.4, 0.5) is 0 Å². The molecule has 0 aliphatic carbocycles. The second kappa shape index (κ2) is 3.84. The molecule has 5 heteroatoms. The van der Waals surface area contributed by atoms with Gasteiger partial charge in [0.1, 0.15) is 0 Å². The maximum absolute atomic E-state index is 11.0. The van der Waals surface area contributed by atoms with Gasteiger partial charge in [0.25, 0.3) is 5.56 Å². The van der Waals surface area contributed by atoms with Crippen LogP contribution in [0.15, 0.2) is 21.9 Å². The van der Waals surface area contributed by atoms with E-state index in [2.05, 4.69) is 4.98 Å². The molecule has 0 aliphatic rings. The van der Waals surface area contributed by atoms with Crippen LogP contribution < -0.4 is 11.2 Å². The predicted molar refractivity (Wildman–Crippen MR) is 46.6 cm³/mol. The third kappa shape index (κ3) is 2.40. The van der Waals surface area contributed by atoms with E-state index in [1.165, 1.54) is 16.8 Å². The maximum Gasteiger partial charge on any atom is 0.328 e. The molecule has 5 nitrogen and oxygen atoms in total. The van der Waals surface area contributed by atoms with E-state index in [9.17, 15) is 14.4 Å². The molecular weight excluding hydrogens is 172 g/mol. The molecule has 1 aromatic rings. The number of nitrogens with one attached hydrogen (secondary N) is 1. The fourth-order valence-electron chi connectivity index (χ4n) is 0.871. The Kier molecular flexibility index (Phi) is 2.79. The van der Waals surface area contributed by atoms with Crippen LogP contribution in [0.2, 0.25) is 0 Å². The van der Waals surface area contributed by atoms with Gasteiger partial charge in [0, 0.05) is 18.7 Å². The average molecular weight is 182 g/mol. The van der Waals surface area contributed by atoms with Crippen LogP contribution in [0.3, 0.4) is 0 Å². The van der Waals surface area contributed by atoms with E-state index in [1.807, 2.05) is 0 Å². The first kappa shape index (κ1) is 9.44. The minimum absolute atomic E-state index is 0.0200. The van der Waals surface area contributed by atoms with E-state index in [4.69, 9.17) is 0 Å². The molecule has 1 N–H and O–H groups in total. The number of aromatic nitrogens is 2. The van der Waals surface area contributed by atoms with Gasteiger partial charge < -0.3 is 0 Å². The maximum atomic E-state index is 11.0. The van der Waals surface area contributed by atoms with Crippen LogP contribution in [-0.4, -0.2) is 15.3 Å². The number of Topliss-reactive ketones (excluding diaryl/α,β-unsaturated/α-hetero) is 1. The minimum atomic E-state index is -0.547. The summed E-state index contributed by atoms with van der Waals surface area (Å²) in [5, 5.41) is 0. The lowest BCUT2D eigenvalue weighted by molar-refractivity contribution is -0.119. The lowest BCUT2D eigenvalue weighted by Crippen LogP contribution is -2.30. The molecule has 0 saturated heterocycles. The second-order valence-electron chi connectivity index (χ2n) is 2.63. The zero-order valence-electron chi connectivity index (χ0n) is 7.24. The number of rotatable bonds is 3. The lowest BCUT2D eigenvalue weighted by Gasteiger charge is -2.00. The highest BCUT2D eigenvalue weighted by atomic mass is 16.2. The highest BCUT2D eigenvalue weighted by Crippen LogP contribution is 1.84. The number of ketones is 1. The molecule has 0 amide bonds. The summed E-state index contributed by atoms with van der Waals surface area (Å²) in [6.07, 6.45) is 1.69. The molecule has 0 fully saturated rings. The predicted octanol–water partition coefficient (Wildman–Crippen LogP) is -0.484. The van der Waals surface area contributed by atoms with Gasteiger partial charge in [0.05, 0.1) is 6.54 Å². The average Bonchev–Trinajstić information content (AvgIpc) is 2.09. The van der Waals surface area contributed by atoms with Gasteiger partial charge in [0.15, 0.2) is 5.78 Å². The molecule has 1 heterocycles. The van der Waals surface area contributed by atoms with Crippen molar-refractivity contribution in [3.8, 4) is 0 Å². The number of aromatic amines is 1. The van der Waals surface area contributed by atoms with Gasteiger partial charge in [-0.05, 0) is 0 Å². The van der Waals surface area contributed by atoms with Crippen molar-refractivity contribution in [3.63, 3.8) is 0 Å². The van der Waals surface area contributed by atoms with Crippen LogP contribution in [0, 0.1) is 0 Å². The second-order valence-corrected chi connectivity index (χ2v) is 2.63. The molecule has 0 aromatic carbocycles. The summed E-state index contributed by atoms with van der Waals surface area (Å²) in [5.74, 6) is -0.0471. The molecule has 0 unspecified atom stereocenters. The van der Waals surface area contributed by atoms with Crippen LogP contribution in [0.1, 0.15) is 13.3 Å². The molecule has 0 spiro atoms. The summed E-state index contributed by atoms with van der Waals surface area (Å²) < 4.78 is 1.17. The van der Waals surface area contributed by atoms with Crippen molar-refractivity contribution in [2.75, 3.05) is 0 Å². The smallest absolute Gasteiger partial charge is 0.298 e. The molecule has 0 radical (unpaired) electrons. The largest absolute Gasteiger partial charge is 0.328 e. The fraction of sp³-hybridized carbons (Fsp3) is 0.375. The van der Waals surface area contributed by atoms with E-state index in [0.29, 0.717) is 6.42 Å². The monoisotopic (exact) mass is 182 g/mol. The van der Waals surface area contributed by atoms with Crippen LogP contribution in [-0.2, 0) is 11.3 Å². The number of carbonyl (C=O) groups excluding carboxylic acids is 1. The summed E-state index contributed by atoms with van der Waals surface area (Å²) in [7, 11) is 0. The van der Waals surface area contributed by atoms with Crippen molar-refractivity contribution < 1.29 is 4.79 Å². The van der Waals surface area contributed by atoms with Crippen molar-refractivity contribution >= 4 is 5.78 Å². The standard InChI is InChI=1S/C8H10N2O3/c1-2-6(11)5-10-4-3-7(12)9-8(10)13/h3-4H,2,5H2,1H3,(H,9,12,13). The van der Waals surface area contributed by atoms with Gasteiger partial charge in [-0.2, -0.15) is 0 Å². The Balaban J connectivity index is 2.97. The van der Waals surface area contributed by atoms with Gasteiger partial charge in [-0.3, -0.25) is 19.1 Å². The summed E-state index contributed by atoms with van der Waals surface area (Å²) in [4.78, 5) is 34.7. The van der Waals surface area contributed by atoms with Gasteiger partial charge in [-0.1, -0.05) is 6.92 Å². The first-order chi connectivity index (χ1) is 6.13. The molecular formula is C8H10N2O3. The Labute approximate surface area is 74.0 Å². The normalized spacial score (nSPS) is 9.92. The zero-order chi connectivity index (χ0) is 9.84. The molecule has 0 bridgehead atoms. The molecule has 0 saturated carbocycles. The lowest BCUT2D eigenvalue weighted by atomic mass is 10.3. The van der Waals surface area contributed by atoms with E-state index in [-0.39, 0.29) is 12.3 Å². The Morgan fingerprint density at radius 3 is 2.77 bits per heavy atom. The molecule has 0 atom stereocenters. The highest BCUT2D eigenvalue weighted by molar-refractivity contribution is 5.77. The van der Waals surface area contributed by atoms with Gasteiger partial charge in [-0.25, -0.2) is 4.79 Å². The van der Waals surface area contributed by atoms with E-state index in [0.717, 1.165) is 0 Å².